The van der Waals surface area contributed by atoms with Gasteiger partial charge in [0.2, 0.25) is 11.8 Å². The molecule has 16 heteroatoms. The normalized spacial score (nSPS) is 13.5. The number of nitrogens with zero attached hydrogens (tertiary/aromatic N) is 2. The summed E-state index contributed by atoms with van der Waals surface area (Å²) in [5, 5.41) is 34.0. The number of rotatable bonds is 16. The lowest BCUT2D eigenvalue weighted by molar-refractivity contribution is -0.525. The Hall–Kier alpha value is -3.24. The van der Waals surface area contributed by atoms with Gasteiger partial charge in [-0.15, -0.1) is 0 Å². The maximum absolute atomic E-state index is 12.9. The molecule has 0 saturated heterocycles. The molecule has 0 aliphatic carbocycles. The fourth-order valence-corrected chi connectivity index (χ4v) is 4.19. The number of aliphatic imine (C=N–C) groups is 1. The number of hydrazine groups is 1. The van der Waals surface area contributed by atoms with Gasteiger partial charge in [-0.3, -0.25) is 9.59 Å². The largest absolute Gasteiger partial charge is 0.475 e. The van der Waals surface area contributed by atoms with Gasteiger partial charge in [-0.2, -0.15) is 0 Å². The Labute approximate surface area is 222 Å². The molecule has 0 heterocycles. The number of carbonyl (C=O) groups is 2. The van der Waals surface area contributed by atoms with Crippen LogP contribution in [0.5, 0.6) is 0 Å². The maximum Gasteiger partial charge on any atom is 0.475 e. The minimum atomic E-state index is -3.30. The molecule has 2 atom stereocenters. The lowest BCUT2D eigenvalue weighted by Crippen LogP contribution is -2.54. The Kier molecular flexibility index (Phi) is 13.7. The van der Waals surface area contributed by atoms with Gasteiger partial charge in [0.1, 0.15) is 6.04 Å². The number of benzene rings is 1. The summed E-state index contributed by atoms with van der Waals surface area (Å²) >= 11 is 0. The molecule has 0 radical (unpaired) electrons. The van der Waals surface area contributed by atoms with Crippen molar-refractivity contribution >= 4 is 34.7 Å². The van der Waals surface area contributed by atoms with E-state index in [1.165, 1.54) is 12.1 Å². The summed E-state index contributed by atoms with van der Waals surface area (Å²) < 4.78 is 23.1. The predicted octanol–water partition coefficient (Wildman–Crippen LogP) is -0.683. The number of sulfone groups is 1. The molecule has 0 unspecified atom stereocenters. The first-order chi connectivity index (χ1) is 17.7. The standard InChI is InChI=1S/C22H37BN6O8S/c1-15(2)14-19(23(32)33)27-21(31)18(7-5-13-25-22(24)28-29(34)35)26-20(30)8-4-6-16-9-11-17(12-10-16)38(3,36)37/h9-12,15,18-19,32-33H,4-8,13-14H2,1-3H3,(H,26,30)(H,27,31)(H3,24,25,28)/t18-,19-/m0/s1. The van der Waals surface area contributed by atoms with E-state index < -0.39 is 51.7 Å². The van der Waals surface area contributed by atoms with Gasteiger partial charge in [0.25, 0.3) is 5.96 Å². The van der Waals surface area contributed by atoms with Crippen molar-refractivity contribution in [1.82, 2.24) is 16.1 Å². The number of hydrogen-bond acceptors (Lipinski definition) is 9. The van der Waals surface area contributed by atoms with Gasteiger partial charge in [0, 0.05) is 19.2 Å². The first-order valence-corrected chi connectivity index (χ1v) is 14.0. The second-order valence-electron chi connectivity index (χ2n) is 9.33. The Balaban J connectivity index is 2.76. The highest BCUT2D eigenvalue weighted by Gasteiger charge is 2.29. The molecule has 0 fully saturated rings. The molecule has 2 amide bonds. The zero-order valence-corrected chi connectivity index (χ0v) is 22.6. The topological polar surface area (TPSA) is 226 Å². The van der Waals surface area contributed by atoms with Crippen molar-refractivity contribution in [3.63, 3.8) is 0 Å². The van der Waals surface area contributed by atoms with Crippen LogP contribution in [0.25, 0.3) is 0 Å². The SMILES string of the molecule is CC(C)C[C@H](NC(=O)[C@H](CCCN=C(N)N[N+](=O)[O-])NC(=O)CCCc1ccc(S(C)(=O)=O)cc1)B(O)O. The second-order valence-corrected chi connectivity index (χ2v) is 11.3. The smallest absolute Gasteiger partial charge is 0.426 e. The summed E-state index contributed by atoms with van der Waals surface area (Å²) in [6, 6.07) is 5.36. The molecule has 0 aliphatic heterocycles. The third-order valence-corrected chi connectivity index (χ3v) is 6.55. The van der Waals surface area contributed by atoms with E-state index in [0.717, 1.165) is 11.8 Å². The lowest BCUT2D eigenvalue weighted by atomic mass is 9.75. The third kappa shape index (κ3) is 13.3. The van der Waals surface area contributed by atoms with Gasteiger partial charge in [-0.25, -0.2) is 23.5 Å². The fraction of sp³-hybridized carbons (Fsp3) is 0.591. The molecule has 0 spiro atoms. The monoisotopic (exact) mass is 556 g/mol. The van der Waals surface area contributed by atoms with Crippen LogP contribution in [0.3, 0.4) is 0 Å². The van der Waals surface area contributed by atoms with Crippen LogP contribution in [-0.2, 0) is 25.8 Å². The van der Waals surface area contributed by atoms with Crippen LogP contribution in [0, 0.1) is 16.0 Å². The van der Waals surface area contributed by atoms with E-state index in [0.29, 0.717) is 19.3 Å². The summed E-state index contributed by atoms with van der Waals surface area (Å²) in [4.78, 5) is 39.9. The Morgan fingerprint density at radius 3 is 2.32 bits per heavy atom. The fourth-order valence-electron chi connectivity index (χ4n) is 3.56. The van der Waals surface area contributed by atoms with Crippen LogP contribution in [0.2, 0.25) is 0 Å². The van der Waals surface area contributed by atoms with E-state index in [2.05, 4.69) is 15.6 Å². The molecule has 14 nitrogen and oxygen atoms in total. The first kappa shape index (κ1) is 32.8. The van der Waals surface area contributed by atoms with E-state index in [1.807, 2.05) is 13.8 Å². The van der Waals surface area contributed by atoms with Crippen molar-refractivity contribution < 1.29 is 33.1 Å². The van der Waals surface area contributed by atoms with Crippen LogP contribution in [0.1, 0.15) is 51.5 Å². The van der Waals surface area contributed by atoms with Crippen molar-refractivity contribution in [2.24, 2.45) is 16.6 Å². The van der Waals surface area contributed by atoms with E-state index in [1.54, 1.807) is 17.6 Å². The summed E-state index contributed by atoms with van der Waals surface area (Å²) in [6.45, 7) is 3.77. The predicted molar refractivity (Wildman–Crippen MR) is 142 cm³/mol. The van der Waals surface area contributed by atoms with E-state index in [4.69, 9.17) is 5.73 Å². The molecule has 0 aromatic heterocycles. The molecule has 1 aromatic carbocycles. The average Bonchev–Trinajstić information content (AvgIpc) is 2.79. The van der Waals surface area contributed by atoms with Crippen molar-refractivity contribution in [3.05, 3.63) is 39.9 Å². The number of nitrogens with one attached hydrogen (secondary N) is 3. The van der Waals surface area contributed by atoms with E-state index in [-0.39, 0.29) is 36.6 Å². The van der Waals surface area contributed by atoms with Crippen molar-refractivity contribution in [2.75, 3.05) is 12.8 Å². The number of guanidine groups is 1. The highest BCUT2D eigenvalue weighted by molar-refractivity contribution is 7.90. The van der Waals surface area contributed by atoms with Crippen LogP contribution in [-0.4, -0.2) is 73.2 Å². The molecule has 7 N–H and O–H groups in total. The van der Waals surface area contributed by atoms with E-state index >= 15 is 0 Å². The van der Waals surface area contributed by atoms with Crippen LogP contribution < -0.4 is 21.8 Å². The Morgan fingerprint density at radius 2 is 1.79 bits per heavy atom. The van der Waals surface area contributed by atoms with E-state index in [9.17, 15) is 38.2 Å². The van der Waals surface area contributed by atoms with Crippen LogP contribution in [0.15, 0.2) is 34.2 Å². The van der Waals surface area contributed by atoms with Gasteiger partial charge in [0.05, 0.1) is 10.8 Å². The summed E-state index contributed by atoms with van der Waals surface area (Å²) in [6.07, 6.45) is 2.84. The van der Waals surface area contributed by atoms with Crippen LogP contribution >= 0.6 is 0 Å². The lowest BCUT2D eigenvalue weighted by Gasteiger charge is -2.24. The molecular weight excluding hydrogens is 519 g/mol. The minimum Gasteiger partial charge on any atom is -0.426 e. The quantitative estimate of drug-likeness (QED) is 0.0375. The zero-order valence-electron chi connectivity index (χ0n) is 21.8. The van der Waals surface area contributed by atoms with Gasteiger partial charge < -0.3 is 26.4 Å². The number of amides is 2. The van der Waals surface area contributed by atoms with Gasteiger partial charge in [0.15, 0.2) is 14.9 Å². The molecule has 1 aromatic rings. The number of aryl methyl sites for hydroxylation is 1. The molecule has 38 heavy (non-hydrogen) atoms. The zero-order chi connectivity index (χ0) is 28.9. The van der Waals surface area contributed by atoms with Crippen molar-refractivity contribution in [1.29, 1.82) is 0 Å². The number of nitro groups is 1. The molecule has 212 valence electrons. The molecular formula is C22H37BN6O8S. The molecule has 0 bridgehead atoms. The van der Waals surface area contributed by atoms with Gasteiger partial charge in [-0.05, 0) is 55.7 Å². The second kappa shape index (κ2) is 15.9. The van der Waals surface area contributed by atoms with Crippen LogP contribution in [0.4, 0.5) is 0 Å². The first-order valence-electron chi connectivity index (χ1n) is 12.1. The highest BCUT2D eigenvalue weighted by atomic mass is 32.2. The summed E-state index contributed by atoms with van der Waals surface area (Å²) in [7, 11) is -5.09. The summed E-state index contributed by atoms with van der Waals surface area (Å²) in [5.74, 6) is -2.28. The maximum atomic E-state index is 12.9. The Morgan fingerprint density at radius 1 is 1.16 bits per heavy atom. The van der Waals surface area contributed by atoms with Gasteiger partial charge in [-0.1, -0.05) is 31.4 Å². The molecule has 1 rings (SSSR count). The minimum absolute atomic E-state index is 0.0495. The number of carbonyl (C=O) groups excluding carboxylic acids is 2. The molecule has 0 aliphatic rings. The van der Waals surface area contributed by atoms with Gasteiger partial charge >= 0.3 is 7.12 Å². The molecule has 0 saturated carbocycles. The number of nitrogens with two attached hydrogens (primary N) is 1. The van der Waals surface area contributed by atoms with Crippen molar-refractivity contribution in [3.8, 4) is 0 Å². The third-order valence-electron chi connectivity index (χ3n) is 5.42. The Bertz CT molecular complexity index is 1070. The number of hydrogen-bond donors (Lipinski definition) is 6. The van der Waals surface area contributed by atoms with Crippen molar-refractivity contribution in [2.45, 2.75) is 69.3 Å². The average molecular weight is 556 g/mol. The summed E-state index contributed by atoms with van der Waals surface area (Å²) in [5.41, 5.74) is 7.93. The highest BCUT2D eigenvalue weighted by Crippen LogP contribution is 2.13.